The molecule has 0 aromatic carbocycles. The summed E-state index contributed by atoms with van der Waals surface area (Å²) in [5.74, 6) is -0.932. The van der Waals surface area contributed by atoms with Crippen LogP contribution in [0, 0.1) is 0 Å². The molecule has 0 aliphatic heterocycles. The minimum absolute atomic E-state index is 0.412. The van der Waals surface area contributed by atoms with E-state index in [1.807, 2.05) is 0 Å². The zero-order chi connectivity index (χ0) is 32.0. The quantitative estimate of drug-likeness (QED) is 0.0312. The molecule has 0 aliphatic carbocycles. The number of carbonyl (C=O) groups excluding carboxylic acids is 2. The van der Waals surface area contributed by atoms with E-state index in [0.717, 1.165) is 25.7 Å². The van der Waals surface area contributed by atoms with Gasteiger partial charge in [-0.1, -0.05) is 154 Å². The third-order valence-electron chi connectivity index (χ3n) is 8.16. The number of hydrogen-bond acceptors (Lipinski definition) is 4. The van der Waals surface area contributed by atoms with Crippen molar-refractivity contribution in [1.29, 1.82) is 0 Å². The molecule has 4 nitrogen and oxygen atoms in total. The lowest BCUT2D eigenvalue weighted by Gasteiger charge is -2.03. The number of unbranched alkanes of at least 4 members (excludes halogenated alkanes) is 24. The lowest BCUT2D eigenvalue weighted by atomic mass is 10.1. The van der Waals surface area contributed by atoms with Crippen LogP contribution in [-0.4, -0.2) is 25.2 Å². The average molecular weight is 617 g/mol. The zero-order valence-corrected chi connectivity index (χ0v) is 29.3. The molecule has 0 saturated carbocycles. The summed E-state index contributed by atoms with van der Waals surface area (Å²) < 4.78 is 10.4. The monoisotopic (exact) mass is 617 g/mol. The van der Waals surface area contributed by atoms with Gasteiger partial charge in [-0.05, 0) is 64.2 Å². The van der Waals surface area contributed by atoms with Gasteiger partial charge in [-0.2, -0.15) is 0 Å². The molecule has 0 saturated heterocycles. The second-order valence-corrected chi connectivity index (χ2v) is 12.5. The average Bonchev–Trinajstić information content (AvgIpc) is 3.03. The van der Waals surface area contributed by atoms with Crippen molar-refractivity contribution in [2.24, 2.45) is 0 Å². The highest BCUT2D eigenvalue weighted by atomic mass is 16.5. The third-order valence-corrected chi connectivity index (χ3v) is 8.16. The number of esters is 2. The Balaban J connectivity index is 3.40. The molecule has 0 aromatic rings. The van der Waals surface area contributed by atoms with Crippen LogP contribution in [0.3, 0.4) is 0 Å². The van der Waals surface area contributed by atoms with Crippen LogP contribution in [0.25, 0.3) is 0 Å². The minimum Gasteiger partial charge on any atom is -0.463 e. The first-order valence-corrected chi connectivity index (χ1v) is 19.0. The van der Waals surface area contributed by atoms with Crippen LogP contribution in [0.4, 0.5) is 0 Å². The largest absolute Gasteiger partial charge is 0.463 e. The summed E-state index contributed by atoms with van der Waals surface area (Å²) in [6, 6.07) is 0. The van der Waals surface area contributed by atoms with Crippen molar-refractivity contribution >= 4 is 11.9 Å². The highest BCUT2D eigenvalue weighted by Crippen LogP contribution is 2.11. The highest BCUT2D eigenvalue weighted by molar-refractivity contribution is 5.91. The maximum absolute atomic E-state index is 11.8. The van der Waals surface area contributed by atoms with E-state index in [0.29, 0.717) is 13.2 Å². The second-order valence-electron chi connectivity index (χ2n) is 12.5. The molecule has 0 bridgehead atoms. The lowest BCUT2D eigenvalue weighted by molar-refractivity contribution is -0.140. The summed E-state index contributed by atoms with van der Waals surface area (Å²) >= 11 is 0. The Morgan fingerprint density at radius 2 is 0.614 bits per heavy atom. The zero-order valence-electron chi connectivity index (χ0n) is 29.3. The van der Waals surface area contributed by atoms with Crippen LogP contribution in [-0.2, 0) is 19.1 Å². The van der Waals surface area contributed by atoms with Crippen molar-refractivity contribution in [3.8, 4) is 0 Å². The van der Waals surface area contributed by atoms with Crippen molar-refractivity contribution in [2.75, 3.05) is 13.2 Å². The topological polar surface area (TPSA) is 52.6 Å². The van der Waals surface area contributed by atoms with Gasteiger partial charge in [0.15, 0.2) is 0 Å². The maximum Gasteiger partial charge on any atom is 0.331 e. The fraction of sp³-hybridized carbons (Fsp3) is 0.800. The van der Waals surface area contributed by atoms with Gasteiger partial charge in [-0.25, -0.2) is 9.59 Å². The molecular formula is C40H72O4. The minimum atomic E-state index is -0.466. The first-order valence-electron chi connectivity index (χ1n) is 19.0. The molecule has 0 atom stereocenters. The van der Waals surface area contributed by atoms with E-state index in [4.69, 9.17) is 9.47 Å². The summed E-state index contributed by atoms with van der Waals surface area (Å²) in [5, 5.41) is 0. The number of ether oxygens (including phenoxy) is 2. The van der Waals surface area contributed by atoms with E-state index >= 15 is 0 Å². The van der Waals surface area contributed by atoms with E-state index in [1.165, 1.54) is 166 Å². The normalized spacial score (nSPS) is 11.8. The van der Waals surface area contributed by atoms with E-state index in [9.17, 15) is 9.59 Å². The van der Waals surface area contributed by atoms with Crippen molar-refractivity contribution in [2.45, 2.75) is 194 Å². The standard InChI is InChI=1S/C40H72O4/c1-3-5-7-9-11-13-15-17-19-21-23-25-27-29-31-33-37-43-39(41)35-36-40(42)44-38-34-32-30-28-26-24-22-20-18-16-14-12-10-8-6-4-2/h17-20,35-36H,3-16,21-34,37-38H2,1-2H3/b19-17-,20-18-,36-35?. The van der Waals surface area contributed by atoms with Gasteiger partial charge < -0.3 is 9.47 Å². The Hall–Kier alpha value is -1.84. The van der Waals surface area contributed by atoms with Gasteiger partial charge in [0.25, 0.3) is 0 Å². The molecule has 0 rings (SSSR count). The van der Waals surface area contributed by atoms with E-state index in [2.05, 4.69) is 38.2 Å². The fourth-order valence-corrected chi connectivity index (χ4v) is 5.28. The van der Waals surface area contributed by atoms with E-state index in [1.54, 1.807) is 0 Å². The molecule has 0 aromatic heterocycles. The summed E-state index contributed by atoms with van der Waals surface area (Å²) in [5.41, 5.74) is 0. The molecule has 0 fully saturated rings. The molecule has 0 spiro atoms. The van der Waals surface area contributed by atoms with Crippen molar-refractivity contribution in [3.63, 3.8) is 0 Å². The van der Waals surface area contributed by atoms with Crippen LogP contribution >= 0.6 is 0 Å². The Morgan fingerprint density at radius 3 is 0.909 bits per heavy atom. The molecule has 0 heterocycles. The number of hydrogen-bond donors (Lipinski definition) is 0. The molecule has 4 heteroatoms. The molecule has 0 amide bonds. The summed E-state index contributed by atoms with van der Waals surface area (Å²) in [4.78, 5) is 23.6. The summed E-state index contributed by atoms with van der Waals surface area (Å²) in [6.45, 7) is 5.36. The van der Waals surface area contributed by atoms with Crippen LogP contribution in [0.5, 0.6) is 0 Å². The Labute approximate surface area is 273 Å². The molecular weight excluding hydrogens is 544 g/mol. The van der Waals surface area contributed by atoms with Crippen molar-refractivity contribution < 1.29 is 19.1 Å². The van der Waals surface area contributed by atoms with Gasteiger partial charge in [0.1, 0.15) is 0 Å². The number of allylic oxidation sites excluding steroid dienone is 4. The first-order chi connectivity index (χ1) is 21.7. The number of rotatable bonds is 34. The fourth-order valence-electron chi connectivity index (χ4n) is 5.28. The van der Waals surface area contributed by atoms with Crippen LogP contribution in [0.1, 0.15) is 194 Å². The Morgan fingerprint density at radius 1 is 0.364 bits per heavy atom. The van der Waals surface area contributed by atoms with Crippen LogP contribution in [0.2, 0.25) is 0 Å². The Kier molecular flexibility index (Phi) is 35.8. The Bertz CT molecular complexity index is 635. The second kappa shape index (κ2) is 37.3. The molecule has 44 heavy (non-hydrogen) atoms. The van der Waals surface area contributed by atoms with E-state index < -0.39 is 11.9 Å². The predicted molar refractivity (Wildman–Crippen MR) is 190 cm³/mol. The highest BCUT2D eigenvalue weighted by Gasteiger charge is 2.02. The van der Waals surface area contributed by atoms with Crippen LogP contribution in [0.15, 0.2) is 36.5 Å². The van der Waals surface area contributed by atoms with Crippen molar-refractivity contribution in [3.05, 3.63) is 36.5 Å². The molecule has 0 unspecified atom stereocenters. The van der Waals surface area contributed by atoms with Crippen LogP contribution < -0.4 is 0 Å². The van der Waals surface area contributed by atoms with Gasteiger partial charge in [-0.15, -0.1) is 0 Å². The summed E-state index contributed by atoms with van der Waals surface area (Å²) in [7, 11) is 0. The third kappa shape index (κ3) is 36.4. The predicted octanol–water partition coefficient (Wildman–Crippen LogP) is 12.7. The molecule has 256 valence electrons. The van der Waals surface area contributed by atoms with Gasteiger partial charge in [-0.3, -0.25) is 0 Å². The van der Waals surface area contributed by atoms with Crippen molar-refractivity contribution in [1.82, 2.24) is 0 Å². The SMILES string of the molecule is CCCCCCCC/C=C\CCCCCCCCOC(=O)C=CC(=O)OCCCCCCCC/C=C\CCCCCCCC. The van der Waals surface area contributed by atoms with Gasteiger partial charge >= 0.3 is 11.9 Å². The smallest absolute Gasteiger partial charge is 0.331 e. The van der Waals surface area contributed by atoms with Gasteiger partial charge in [0, 0.05) is 12.2 Å². The molecule has 0 radical (unpaired) electrons. The van der Waals surface area contributed by atoms with Gasteiger partial charge in [0.2, 0.25) is 0 Å². The number of carbonyl (C=O) groups is 2. The van der Waals surface area contributed by atoms with Gasteiger partial charge in [0.05, 0.1) is 13.2 Å². The molecule has 0 N–H and O–H groups in total. The first kappa shape index (κ1) is 42.2. The maximum atomic E-state index is 11.8. The van der Waals surface area contributed by atoms with E-state index in [-0.39, 0.29) is 0 Å². The summed E-state index contributed by atoms with van der Waals surface area (Å²) in [6.07, 6.45) is 46.9. The lowest BCUT2D eigenvalue weighted by Crippen LogP contribution is -2.06. The molecule has 0 aliphatic rings.